The number of fused-ring (bicyclic) bond motifs is 2. The maximum absolute atomic E-state index is 13.2. The predicted molar refractivity (Wildman–Crippen MR) is 96.2 cm³/mol. The zero-order chi connectivity index (χ0) is 18.5. The molecule has 2 aliphatic heterocycles. The first-order chi connectivity index (χ1) is 12.3. The summed E-state index contributed by atoms with van der Waals surface area (Å²) in [4.78, 5) is 2.25. The van der Waals surface area contributed by atoms with E-state index < -0.39 is 16.4 Å². The van der Waals surface area contributed by atoms with Crippen molar-refractivity contribution < 1.29 is 17.2 Å². The van der Waals surface area contributed by atoms with Gasteiger partial charge < -0.3 is 4.90 Å². The lowest BCUT2D eigenvalue weighted by Gasteiger charge is -2.25. The van der Waals surface area contributed by atoms with Gasteiger partial charge in [-0.25, -0.2) is 17.2 Å². The lowest BCUT2D eigenvalue weighted by molar-refractivity contribution is 0.151. The van der Waals surface area contributed by atoms with Gasteiger partial charge in [-0.1, -0.05) is 30.3 Å². The van der Waals surface area contributed by atoms with Crippen molar-refractivity contribution in [1.29, 1.82) is 0 Å². The van der Waals surface area contributed by atoms with E-state index in [4.69, 9.17) is 0 Å². The molecule has 2 aromatic rings. The van der Waals surface area contributed by atoms with Crippen LogP contribution in [0.1, 0.15) is 24.0 Å². The molecular weight excluding hydrogens is 358 g/mol. The summed E-state index contributed by atoms with van der Waals surface area (Å²) >= 11 is 0. The number of nitrogens with zero attached hydrogens (tertiary/aromatic N) is 2. The first-order valence-electron chi connectivity index (χ1n) is 8.52. The van der Waals surface area contributed by atoms with Crippen molar-refractivity contribution in [3.8, 4) is 0 Å². The normalized spacial score (nSPS) is 23.2. The zero-order valence-corrected chi connectivity index (χ0v) is 15.2. The van der Waals surface area contributed by atoms with Gasteiger partial charge in [0.05, 0.1) is 10.6 Å². The van der Waals surface area contributed by atoms with Crippen molar-refractivity contribution in [2.24, 2.45) is 0 Å². The van der Waals surface area contributed by atoms with Crippen molar-refractivity contribution in [1.82, 2.24) is 4.90 Å². The molecule has 0 saturated carbocycles. The number of alkyl halides is 2. The van der Waals surface area contributed by atoms with Crippen molar-refractivity contribution in [2.75, 3.05) is 31.0 Å². The number of rotatable bonds is 3. The van der Waals surface area contributed by atoms with Crippen LogP contribution in [-0.4, -0.2) is 40.0 Å². The maximum atomic E-state index is 13.2. The fraction of sp³-hybridized carbons (Fsp3) is 0.368. The SMILES string of the molecule is CN1CCC2(C1)CN(S(=O)(=O)c1ccc(C(F)F)cc1)c1ccccc12. The molecule has 1 spiro atoms. The van der Waals surface area contributed by atoms with Gasteiger partial charge in [-0.2, -0.15) is 0 Å². The largest absolute Gasteiger partial charge is 0.305 e. The Balaban J connectivity index is 1.76. The van der Waals surface area contributed by atoms with Gasteiger partial charge in [0.25, 0.3) is 16.4 Å². The number of likely N-dealkylation sites (tertiary alicyclic amines) is 1. The topological polar surface area (TPSA) is 40.6 Å². The highest BCUT2D eigenvalue weighted by Crippen LogP contribution is 2.47. The molecule has 7 heteroatoms. The summed E-state index contributed by atoms with van der Waals surface area (Å²) in [5, 5.41) is 0. The van der Waals surface area contributed by atoms with Gasteiger partial charge in [-0.05, 0) is 43.8 Å². The number of para-hydroxylation sites is 1. The number of halogens is 2. The fourth-order valence-electron chi connectivity index (χ4n) is 4.14. The first-order valence-corrected chi connectivity index (χ1v) is 9.96. The van der Waals surface area contributed by atoms with Crippen LogP contribution in [0.2, 0.25) is 0 Å². The molecule has 1 saturated heterocycles. The van der Waals surface area contributed by atoms with E-state index in [0.717, 1.165) is 25.1 Å². The molecule has 0 N–H and O–H groups in total. The third-order valence-electron chi connectivity index (χ3n) is 5.46. The van der Waals surface area contributed by atoms with Crippen LogP contribution in [0.5, 0.6) is 0 Å². The van der Waals surface area contributed by atoms with Gasteiger partial charge >= 0.3 is 0 Å². The molecular formula is C19H20F2N2O2S. The molecule has 4 nitrogen and oxygen atoms in total. The Morgan fingerprint density at radius 2 is 1.73 bits per heavy atom. The van der Waals surface area contributed by atoms with Gasteiger partial charge in [0.15, 0.2) is 0 Å². The second-order valence-corrected chi connectivity index (χ2v) is 9.03. The van der Waals surface area contributed by atoms with Crippen LogP contribution in [0, 0.1) is 0 Å². The molecule has 2 heterocycles. The first kappa shape index (κ1) is 17.4. The van der Waals surface area contributed by atoms with Crippen LogP contribution in [0.3, 0.4) is 0 Å². The number of anilines is 1. The van der Waals surface area contributed by atoms with E-state index in [1.54, 1.807) is 0 Å². The monoisotopic (exact) mass is 378 g/mol. The highest BCUT2D eigenvalue weighted by molar-refractivity contribution is 7.92. The van der Waals surface area contributed by atoms with Gasteiger partial charge in [-0.15, -0.1) is 0 Å². The molecule has 26 heavy (non-hydrogen) atoms. The average molecular weight is 378 g/mol. The van der Waals surface area contributed by atoms with Crippen LogP contribution in [0.15, 0.2) is 53.4 Å². The van der Waals surface area contributed by atoms with E-state index in [9.17, 15) is 17.2 Å². The summed E-state index contributed by atoms with van der Waals surface area (Å²) < 4.78 is 53.4. The summed E-state index contributed by atoms with van der Waals surface area (Å²) in [6.07, 6.45) is -1.71. The Kier molecular flexibility index (Phi) is 4.04. The Hall–Kier alpha value is -1.99. The predicted octanol–water partition coefficient (Wildman–Crippen LogP) is 3.41. The summed E-state index contributed by atoms with van der Waals surface area (Å²) in [7, 11) is -1.77. The highest BCUT2D eigenvalue weighted by atomic mass is 32.2. The molecule has 1 atom stereocenters. The van der Waals surface area contributed by atoms with E-state index in [2.05, 4.69) is 4.90 Å². The highest BCUT2D eigenvalue weighted by Gasteiger charge is 2.49. The molecule has 0 bridgehead atoms. The van der Waals surface area contributed by atoms with E-state index in [0.29, 0.717) is 12.2 Å². The van der Waals surface area contributed by atoms with Crippen molar-refractivity contribution in [3.63, 3.8) is 0 Å². The molecule has 138 valence electrons. The van der Waals surface area contributed by atoms with Crippen LogP contribution in [0.4, 0.5) is 14.5 Å². The van der Waals surface area contributed by atoms with Gasteiger partial charge in [-0.3, -0.25) is 4.31 Å². The van der Waals surface area contributed by atoms with Crippen LogP contribution < -0.4 is 4.31 Å². The lowest BCUT2D eigenvalue weighted by Crippen LogP contribution is -2.38. The summed E-state index contributed by atoms with van der Waals surface area (Å²) in [6, 6.07) is 12.5. The minimum absolute atomic E-state index is 0.0418. The quantitative estimate of drug-likeness (QED) is 0.822. The maximum Gasteiger partial charge on any atom is 0.264 e. The van der Waals surface area contributed by atoms with Crippen molar-refractivity contribution in [3.05, 3.63) is 59.7 Å². The minimum Gasteiger partial charge on any atom is -0.305 e. The smallest absolute Gasteiger partial charge is 0.264 e. The van der Waals surface area contributed by atoms with E-state index >= 15 is 0 Å². The van der Waals surface area contributed by atoms with E-state index in [-0.39, 0.29) is 15.9 Å². The second kappa shape index (κ2) is 6.03. The van der Waals surface area contributed by atoms with E-state index in [1.807, 2.05) is 31.3 Å². The Morgan fingerprint density at radius 3 is 2.35 bits per heavy atom. The average Bonchev–Trinajstić information content (AvgIpc) is 3.17. The Bertz CT molecular complexity index is 931. The number of sulfonamides is 1. The molecule has 0 amide bonds. The van der Waals surface area contributed by atoms with Crippen LogP contribution in [0.25, 0.3) is 0 Å². The van der Waals surface area contributed by atoms with Gasteiger partial charge in [0, 0.05) is 24.1 Å². The molecule has 1 unspecified atom stereocenters. The molecule has 2 aromatic carbocycles. The summed E-state index contributed by atoms with van der Waals surface area (Å²) in [5.74, 6) is 0. The summed E-state index contributed by atoms with van der Waals surface area (Å²) in [6.45, 7) is 2.11. The Labute approximate surface area is 152 Å². The van der Waals surface area contributed by atoms with Crippen molar-refractivity contribution >= 4 is 15.7 Å². The van der Waals surface area contributed by atoms with Crippen molar-refractivity contribution in [2.45, 2.75) is 23.2 Å². The fourth-order valence-corrected chi connectivity index (χ4v) is 5.71. The number of likely N-dealkylation sites (N-methyl/N-ethyl adjacent to an activating group) is 1. The molecule has 0 radical (unpaired) electrons. The molecule has 1 fully saturated rings. The number of hydrogen-bond donors (Lipinski definition) is 0. The van der Waals surface area contributed by atoms with E-state index in [1.165, 1.54) is 28.6 Å². The van der Waals surface area contributed by atoms with Crippen LogP contribution in [-0.2, 0) is 15.4 Å². The molecule has 4 rings (SSSR count). The van der Waals surface area contributed by atoms with Gasteiger partial charge in [0.2, 0.25) is 0 Å². The van der Waals surface area contributed by atoms with Crippen LogP contribution >= 0.6 is 0 Å². The third-order valence-corrected chi connectivity index (χ3v) is 7.23. The second-order valence-electron chi connectivity index (χ2n) is 7.17. The molecule has 2 aliphatic rings. The molecule has 0 aromatic heterocycles. The number of hydrogen-bond acceptors (Lipinski definition) is 3. The third kappa shape index (κ3) is 2.61. The summed E-state index contributed by atoms with van der Waals surface area (Å²) in [5.41, 5.74) is 1.36. The number of benzene rings is 2. The molecule has 0 aliphatic carbocycles. The standard InChI is InChI=1S/C19H20F2N2O2S/c1-22-11-10-19(12-22)13-23(17-5-3-2-4-16(17)19)26(24,25)15-8-6-14(7-9-15)18(20)21/h2-9,18H,10-13H2,1H3. The van der Waals surface area contributed by atoms with Gasteiger partial charge in [0.1, 0.15) is 0 Å². The Morgan fingerprint density at radius 1 is 1.04 bits per heavy atom. The zero-order valence-electron chi connectivity index (χ0n) is 14.4. The minimum atomic E-state index is -3.81. The lowest BCUT2D eigenvalue weighted by atomic mass is 9.82.